The van der Waals surface area contributed by atoms with Gasteiger partial charge in [-0.1, -0.05) is 16.8 Å². The van der Waals surface area contributed by atoms with Crippen LogP contribution in [-0.4, -0.2) is 32.3 Å². The first-order chi connectivity index (χ1) is 13.4. The number of thiophene rings is 1. The number of nitrogens with one attached hydrogen (secondary N) is 1. The van der Waals surface area contributed by atoms with Gasteiger partial charge in [0.2, 0.25) is 0 Å². The number of fused-ring (bicyclic) bond motifs is 1. The molecule has 0 amide bonds. The quantitative estimate of drug-likeness (QED) is 0.644. The Morgan fingerprint density at radius 1 is 1.36 bits per heavy atom. The number of hydrogen-bond acceptors (Lipinski definition) is 8. The van der Waals surface area contributed by atoms with E-state index >= 15 is 0 Å². The van der Waals surface area contributed by atoms with Gasteiger partial charge < -0.3 is 14.0 Å². The summed E-state index contributed by atoms with van der Waals surface area (Å²) in [6, 6.07) is 4.41. The van der Waals surface area contributed by atoms with Crippen LogP contribution in [0.1, 0.15) is 16.3 Å². The third-order valence-electron chi connectivity index (χ3n) is 4.20. The fourth-order valence-electron chi connectivity index (χ4n) is 2.97. The fraction of sp³-hybridized carbons (Fsp3) is 0.294. The zero-order valence-electron chi connectivity index (χ0n) is 15.0. The number of hydrogen-bond donors (Lipinski definition) is 1. The lowest BCUT2D eigenvalue weighted by Crippen LogP contribution is -2.14. The van der Waals surface area contributed by atoms with E-state index < -0.39 is 10.0 Å². The van der Waals surface area contributed by atoms with E-state index in [0.29, 0.717) is 36.0 Å². The van der Waals surface area contributed by atoms with Crippen molar-refractivity contribution in [3.05, 3.63) is 39.5 Å². The smallest absolute Gasteiger partial charge is 0.266 e. The Kier molecular flexibility index (Phi) is 5.04. The summed E-state index contributed by atoms with van der Waals surface area (Å²) < 4.78 is 44.8. The number of ether oxygens (including phenoxy) is 2. The van der Waals surface area contributed by atoms with Crippen LogP contribution in [0.5, 0.6) is 5.75 Å². The van der Waals surface area contributed by atoms with Crippen molar-refractivity contribution in [2.75, 3.05) is 18.4 Å². The normalized spacial score (nSPS) is 14.0. The molecule has 8 nitrogen and oxygen atoms in total. The molecule has 11 heteroatoms. The summed E-state index contributed by atoms with van der Waals surface area (Å²) in [5, 5.41) is 4.50. The van der Waals surface area contributed by atoms with E-state index in [9.17, 15) is 8.42 Å². The third kappa shape index (κ3) is 3.48. The van der Waals surface area contributed by atoms with Gasteiger partial charge in [0.1, 0.15) is 15.6 Å². The highest BCUT2D eigenvalue weighted by Gasteiger charge is 2.29. The van der Waals surface area contributed by atoms with Gasteiger partial charge >= 0.3 is 0 Å². The molecule has 0 fully saturated rings. The largest absolute Gasteiger partial charge is 0.495 e. The standard InChI is InChI=1S/C17H16ClN3O5S2/c1-9-19-16(26-20-9)15-11-5-6-25-8-13(11)27-17(15)21-28(22,23)14-7-10(18)3-4-12(14)24-2/h3-4,7,21H,5-6,8H2,1-2H3. The average molecular weight is 442 g/mol. The molecular formula is C17H16ClN3O5S2. The van der Waals surface area contributed by atoms with Crippen molar-refractivity contribution in [2.45, 2.75) is 24.8 Å². The van der Waals surface area contributed by atoms with Crippen LogP contribution in [-0.2, 0) is 27.8 Å². The predicted octanol–water partition coefficient (Wildman–Crippen LogP) is 3.64. The van der Waals surface area contributed by atoms with E-state index in [1.807, 2.05) is 0 Å². The van der Waals surface area contributed by atoms with Gasteiger partial charge in [-0.25, -0.2) is 8.42 Å². The van der Waals surface area contributed by atoms with Gasteiger partial charge in [0.05, 0.1) is 25.9 Å². The van der Waals surface area contributed by atoms with Crippen molar-refractivity contribution < 1.29 is 22.4 Å². The van der Waals surface area contributed by atoms with E-state index in [2.05, 4.69) is 14.9 Å². The van der Waals surface area contributed by atoms with E-state index in [-0.39, 0.29) is 21.6 Å². The number of halogens is 1. The molecule has 148 valence electrons. The van der Waals surface area contributed by atoms with Crippen molar-refractivity contribution in [2.24, 2.45) is 0 Å². The summed E-state index contributed by atoms with van der Waals surface area (Å²) >= 11 is 7.29. The first-order valence-corrected chi connectivity index (χ1v) is 11.0. The molecule has 0 unspecified atom stereocenters. The van der Waals surface area contributed by atoms with Gasteiger partial charge in [-0.3, -0.25) is 4.72 Å². The zero-order chi connectivity index (χ0) is 19.9. The molecule has 4 rings (SSSR count). The molecule has 0 radical (unpaired) electrons. The molecule has 1 aliphatic rings. The van der Waals surface area contributed by atoms with E-state index in [1.54, 1.807) is 13.0 Å². The molecule has 3 aromatic rings. The summed E-state index contributed by atoms with van der Waals surface area (Å²) in [6.45, 7) is 2.65. The van der Waals surface area contributed by atoms with Crippen LogP contribution in [0.25, 0.3) is 11.5 Å². The van der Waals surface area contributed by atoms with Gasteiger partial charge in [-0.05, 0) is 37.1 Å². The zero-order valence-corrected chi connectivity index (χ0v) is 17.4. The van der Waals surface area contributed by atoms with Crippen LogP contribution in [0.2, 0.25) is 5.02 Å². The Hall–Kier alpha value is -2.14. The molecule has 0 aliphatic carbocycles. The van der Waals surface area contributed by atoms with E-state index in [4.69, 9.17) is 25.6 Å². The monoisotopic (exact) mass is 441 g/mol. The molecule has 0 spiro atoms. The Bertz CT molecular complexity index is 1140. The lowest BCUT2D eigenvalue weighted by Gasteiger charge is -2.13. The van der Waals surface area contributed by atoms with Gasteiger partial charge in [0.15, 0.2) is 5.82 Å². The van der Waals surface area contributed by atoms with Crippen LogP contribution >= 0.6 is 22.9 Å². The summed E-state index contributed by atoms with van der Waals surface area (Å²) in [5.74, 6) is 0.928. The molecule has 28 heavy (non-hydrogen) atoms. The number of nitrogens with zero attached hydrogens (tertiary/aromatic N) is 2. The van der Waals surface area contributed by atoms with Gasteiger partial charge in [0.25, 0.3) is 15.9 Å². The lowest BCUT2D eigenvalue weighted by atomic mass is 10.1. The van der Waals surface area contributed by atoms with Crippen molar-refractivity contribution >= 4 is 38.0 Å². The maximum Gasteiger partial charge on any atom is 0.266 e. The van der Waals surface area contributed by atoms with E-state index in [0.717, 1.165) is 10.4 Å². The molecule has 0 saturated carbocycles. The van der Waals surface area contributed by atoms with Crippen LogP contribution < -0.4 is 9.46 Å². The molecule has 0 bridgehead atoms. The minimum absolute atomic E-state index is 0.0576. The minimum atomic E-state index is -3.98. The highest BCUT2D eigenvalue weighted by Crippen LogP contribution is 2.43. The Morgan fingerprint density at radius 2 is 2.18 bits per heavy atom. The maximum absolute atomic E-state index is 13.1. The van der Waals surface area contributed by atoms with Crippen LogP contribution in [0.4, 0.5) is 5.00 Å². The number of aromatic nitrogens is 2. The molecular weight excluding hydrogens is 426 g/mol. The van der Waals surface area contributed by atoms with Crippen LogP contribution in [0.3, 0.4) is 0 Å². The summed E-state index contributed by atoms with van der Waals surface area (Å²) in [5.41, 5.74) is 1.55. The van der Waals surface area contributed by atoms with Gasteiger partial charge in [-0.15, -0.1) is 11.3 Å². The molecule has 3 heterocycles. The molecule has 0 saturated heterocycles. The second kappa shape index (κ2) is 7.36. The van der Waals surface area contributed by atoms with Gasteiger partial charge in [0, 0.05) is 9.90 Å². The average Bonchev–Trinajstić information content (AvgIpc) is 3.23. The second-order valence-electron chi connectivity index (χ2n) is 6.06. The Morgan fingerprint density at radius 3 is 2.89 bits per heavy atom. The number of benzene rings is 1. The number of aryl methyl sites for hydroxylation is 1. The fourth-order valence-corrected chi connectivity index (χ4v) is 5.88. The molecule has 0 atom stereocenters. The highest BCUT2D eigenvalue weighted by atomic mass is 35.5. The topological polar surface area (TPSA) is 104 Å². The maximum atomic E-state index is 13.1. The first kappa shape index (κ1) is 19.2. The molecule has 1 N–H and O–H groups in total. The Labute approximate surface area is 170 Å². The highest BCUT2D eigenvalue weighted by molar-refractivity contribution is 7.93. The SMILES string of the molecule is COc1ccc(Cl)cc1S(=O)(=O)Nc1sc2c(c1-c1nc(C)no1)CCOC2. The lowest BCUT2D eigenvalue weighted by molar-refractivity contribution is 0.113. The summed E-state index contributed by atoms with van der Waals surface area (Å²) in [6.07, 6.45) is 0.630. The van der Waals surface area contributed by atoms with Crippen molar-refractivity contribution in [3.63, 3.8) is 0 Å². The van der Waals surface area contributed by atoms with E-state index in [1.165, 1.54) is 30.6 Å². The predicted molar refractivity (Wildman–Crippen MR) is 105 cm³/mol. The van der Waals surface area contributed by atoms with Crippen molar-refractivity contribution in [1.29, 1.82) is 0 Å². The minimum Gasteiger partial charge on any atom is -0.495 e. The first-order valence-electron chi connectivity index (χ1n) is 8.28. The second-order valence-corrected chi connectivity index (χ2v) is 9.25. The summed E-state index contributed by atoms with van der Waals surface area (Å²) in [7, 11) is -2.58. The number of anilines is 1. The third-order valence-corrected chi connectivity index (χ3v) is 7.06. The molecule has 1 aromatic carbocycles. The summed E-state index contributed by atoms with van der Waals surface area (Å²) in [4.78, 5) is 5.15. The number of methoxy groups -OCH3 is 1. The van der Waals surface area contributed by atoms with Crippen LogP contribution in [0, 0.1) is 6.92 Å². The molecule has 1 aliphatic heterocycles. The van der Waals surface area contributed by atoms with Gasteiger partial charge in [-0.2, -0.15) is 4.98 Å². The Balaban J connectivity index is 1.82. The number of rotatable bonds is 5. The van der Waals surface area contributed by atoms with Crippen molar-refractivity contribution in [3.8, 4) is 17.2 Å². The van der Waals surface area contributed by atoms with Crippen molar-refractivity contribution in [1.82, 2.24) is 10.1 Å². The molecule has 2 aromatic heterocycles. The van der Waals surface area contributed by atoms with Crippen LogP contribution in [0.15, 0.2) is 27.6 Å². The number of sulfonamides is 1.